The average molecular weight is 122 g/mol. The molecule has 1 nitrogen and oxygen atoms in total. The number of rotatable bonds is 1. The summed E-state index contributed by atoms with van der Waals surface area (Å²) in [6.07, 6.45) is 11.0. The van der Waals surface area contributed by atoms with E-state index in [0.717, 1.165) is 5.92 Å². The molecule has 0 N–H and O–H groups in total. The molecule has 1 saturated carbocycles. The Labute approximate surface area is 55.0 Å². The van der Waals surface area contributed by atoms with Crippen molar-refractivity contribution in [1.82, 2.24) is 0 Å². The van der Waals surface area contributed by atoms with Crippen LogP contribution in [-0.4, -0.2) is 6.10 Å². The van der Waals surface area contributed by atoms with Gasteiger partial charge in [0.15, 0.2) is 0 Å². The van der Waals surface area contributed by atoms with Crippen LogP contribution in [0.15, 0.2) is 24.5 Å². The SMILES string of the molecule is C1=COC(C2CC2)C=C1. The van der Waals surface area contributed by atoms with Gasteiger partial charge in [0.25, 0.3) is 0 Å². The van der Waals surface area contributed by atoms with Crippen LogP contribution in [0.25, 0.3) is 0 Å². The smallest absolute Gasteiger partial charge is 0.119 e. The maximum absolute atomic E-state index is 5.33. The van der Waals surface area contributed by atoms with E-state index in [1.54, 1.807) is 6.26 Å². The molecule has 0 amide bonds. The molecule has 2 rings (SSSR count). The Morgan fingerprint density at radius 1 is 1.22 bits per heavy atom. The molecular weight excluding hydrogens is 112 g/mol. The van der Waals surface area contributed by atoms with Gasteiger partial charge in [0.05, 0.1) is 6.26 Å². The summed E-state index contributed by atoms with van der Waals surface area (Å²) in [5.74, 6) is 0.825. The molecule has 0 radical (unpaired) electrons. The fraction of sp³-hybridized carbons (Fsp3) is 0.500. The predicted molar refractivity (Wildman–Crippen MR) is 35.9 cm³/mol. The summed E-state index contributed by atoms with van der Waals surface area (Å²) in [5, 5.41) is 0. The van der Waals surface area contributed by atoms with Crippen molar-refractivity contribution >= 4 is 0 Å². The topological polar surface area (TPSA) is 9.23 Å². The molecule has 1 aliphatic heterocycles. The molecule has 1 fully saturated rings. The Hall–Kier alpha value is -0.720. The van der Waals surface area contributed by atoms with Crippen molar-refractivity contribution in [3.8, 4) is 0 Å². The summed E-state index contributed by atoms with van der Waals surface area (Å²) < 4.78 is 5.33. The second-order valence-corrected chi connectivity index (χ2v) is 2.65. The van der Waals surface area contributed by atoms with Gasteiger partial charge in [-0.3, -0.25) is 0 Å². The van der Waals surface area contributed by atoms with E-state index >= 15 is 0 Å². The molecule has 0 aromatic rings. The second kappa shape index (κ2) is 1.90. The Morgan fingerprint density at radius 3 is 2.67 bits per heavy atom. The highest BCUT2D eigenvalue weighted by Crippen LogP contribution is 2.35. The Morgan fingerprint density at radius 2 is 2.11 bits per heavy atom. The molecule has 0 saturated heterocycles. The van der Waals surface area contributed by atoms with Crippen LogP contribution in [0.4, 0.5) is 0 Å². The molecule has 9 heavy (non-hydrogen) atoms. The van der Waals surface area contributed by atoms with Crippen LogP contribution in [0.5, 0.6) is 0 Å². The van der Waals surface area contributed by atoms with E-state index in [4.69, 9.17) is 4.74 Å². The Balaban J connectivity index is 1.98. The van der Waals surface area contributed by atoms with Crippen LogP contribution in [-0.2, 0) is 4.74 Å². The number of hydrogen-bond acceptors (Lipinski definition) is 1. The number of hydrogen-bond donors (Lipinski definition) is 0. The van der Waals surface area contributed by atoms with Gasteiger partial charge in [0.2, 0.25) is 0 Å². The van der Waals surface area contributed by atoms with Crippen LogP contribution in [0.3, 0.4) is 0 Å². The molecule has 1 unspecified atom stereocenters. The lowest BCUT2D eigenvalue weighted by atomic mass is 10.2. The van der Waals surface area contributed by atoms with Crippen molar-refractivity contribution < 1.29 is 4.74 Å². The van der Waals surface area contributed by atoms with Crippen molar-refractivity contribution in [3.05, 3.63) is 24.5 Å². The zero-order valence-corrected chi connectivity index (χ0v) is 5.29. The molecular formula is C8H10O. The van der Waals surface area contributed by atoms with Crippen molar-refractivity contribution in [2.45, 2.75) is 18.9 Å². The van der Waals surface area contributed by atoms with Gasteiger partial charge in [-0.25, -0.2) is 0 Å². The highest BCUT2D eigenvalue weighted by atomic mass is 16.5. The first kappa shape index (κ1) is 5.10. The maximum Gasteiger partial charge on any atom is 0.119 e. The lowest BCUT2D eigenvalue weighted by Crippen LogP contribution is -2.09. The monoisotopic (exact) mass is 122 g/mol. The summed E-state index contributed by atoms with van der Waals surface area (Å²) in [6, 6.07) is 0. The third kappa shape index (κ3) is 0.995. The summed E-state index contributed by atoms with van der Waals surface area (Å²) in [7, 11) is 0. The molecule has 0 spiro atoms. The molecule has 0 aromatic carbocycles. The predicted octanol–water partition coefficient (Wildman–Crippen LogP) is 1.87. The third-order valence-corrected chi connectivity index (χ3v) is 1.81. The Kier molecular flexibility index (Phi) is 1.08. The van der Waals surface area contributed by atoms with E-state index < -0.39 is 0 Å². The lowest BCUT2D eigenvalue weighted by Gasteiger charge is -2.12. The first-order valence-electron chi connectivity index (χ1n) is 3.45. The van der Waals surface area contributed by atoms with E-state index in [1.807, 2.05) is 6.08 Å². The van der Waals surface area contributed by atoms with Gasteiger partial charge < -0.3 is 4.74 Å². The molecule has 1 aliphatic carbocycles. The average Bonchev–Trinajstić information content (AvgIpc) is 2.71. The normalized spacial score (nSPS) is 32.2. The molecule has 1 heteroatoms. The highest BCUT2D eigenvalue weighted by molar-refractivity contribution is 5.10. The minimum Gasteiger partial charge on any atom is -0.494 e. The first-order chi connectivity index (χ1) is 4.47. The molecule has 0 aromatic heterocycles. The largest absolute Gasteiger partial charge is 0.494 e. The zero-order chi connectivity index (χ0) is 6.10. The summed E-state index contributed by atoms with van der Waals surface area (Å²) in [5.41, 5.74) is 0. The third-order valence-electron chi connectivity index (χ3n) is 1.81. The fourth-order valence-corrected chi connectivity index (χ4v) is 1.09. The van der Waals surface area contributed by atoms with E-state index in [-0.39, 0.29) is 0 Å². The molecule has 1 atom stereocenters. The quantitative estimate of drug-likeness (QED) is 0.516. The van der Waals surface area contributed by atoms with Crippen molar-refractivity contribution in [2.75, 3.05) is 0 Å². The van der Waals surface area contributed by atoms with Gasteiger partial charge in [-0.2, -0.15) is 0 Å². The summed E-state index contributed by atoms with van der Waals surface area (Å²) in [4.78, 5) is 0. The van der Waals surface area contributed by atoms with Crippen LogP contribution in [0, 0.1) is 5.92 Å². The van der Waals surface area contributed by atoms with Gasteiger partial charge in [0.1, 0.15) is 6.10 Å². The highest BCUT2D eigenvalue weighted by Gasteiger charge is 2.30. The van der Waals surface area contributed by atoms with Crippen LogP contribution in [0.1, 0.15) is 12.8 Å². The Bertz CT molecular complexity index is 154. The standard InChI is InChI=1S/C8H10O/c1-2-6-9-8(3-1)7-4-5-7/h1-3,6-8H,4-5H2. The summed E-state index contributed by atoms with van der Waals surface area (Å²) in [6.45, 7) is 0. The minimum absolute atomic E-state index is 0.398. The van der Waals surface area contributed by atoms with Crippen LogP contribution < -0.4 is 0 Å². The zero-order valence-electron chi connectivity index (χ0n) is 5.29. The van der Waals surface area contributed by atoms with E-state index in [9.17, 15) is 0 Å². The number of ether oxygens (including phenoxy) is 1. The minimum atomic E-state index is 0.398. The number of allylic oxidation sites excluding steroid dienone is 2. The van der Waals surface area contributed by atoms with Gasteiger partial charge in [-0.05, 0) is 30.9 Å². The molecule has 1 heterocycles. The second-order valence-electron chi connectivity index (χ2n) is 2.65. The van der Waals surface area contributed by atoms with Crippen molar-refractivity contribution in [3.63, 3.8) is 0 Å². The van der Waals surface area contributed by atoms with E-state index in [2.05, 4.69) is 12.2 Å². The van der Waals surface area contributed by atoms with Crippen LogP contribution in [0.2, 0.25) is 0 Å². The lowest BCUT2D eigenvalue weighted by molar-refractivity contribution is 0.163. The first-order valence-corrected chi connectivity index (χ1v) is 3.45. The molecule has 2 aliphatic rings. The summed E-state index contributed by atoms with van der Waals surface area (Å²) >= 11 is 0. The molecule has 0 bridgehead atoms. The maximum atomic E-state index is 5.33. The van der Waals surface area contributed by atoms with Crippen molar-refractivity contribution in [2.24, 2.45) is 5.92 Å². The van der Waals surface area contributed by atoms with E-state index in [1.165, 1.54) is 12.8 Å². The molecule has 48 valence electrons. The van der Waals surface area contributed by atoms with Gasteiger partial charge in [-0.1, -0.05) is 6.08 Å². The van der Waals surface area contributed by atoms with E-state index in [0.29, 0.717) is 6.10 Å². The van der Waals surface area contributed by atoms with Gasteiger partial charge >= 0.3 is 0 Å². The van der Waals surface area contributed by atoms with Gasteiger partial charge in [0, 0.05) is 0 Å². The van der Waals surface area contributed by atoms with Crippen LogP contribution >= 0.6 is 0 Å². The fourth-order valence-electron chi connectivity index (χ4n) is 1.09. The van der Waals surface area contributed by atoms with Gasteiger partial charge in [-0.15, -0.1) is 0 Å². The van der Waals surface area contributed by atoms with Crippen molar-refractivity contribution in [1.29, 1.82) is 0 Å².